The number of nitrogens with zero attached hydrogens (tertiary/aromatic N) is 1. The average Bonchev–Trinajstić information content (AvgIpc) is 2.92. The van der Waals surface area contributed by atoms with E-state index in [0.29, 0.717) is 11.7 Å². The molecule has 1 N–H and O–H groups in total. The Morgan fingerprint density at radius 2 is 2.05 bits per heavy atom. The molecule has 1 saturated heterocycles. The Hall–Kier alpha value is -1.16. The van der Waals surface area contributed by atoms with Gasteiger partial charge >= 0.3 is 0 Å². The lowest BCUT2D eigenvalue weighted by Gasteiger charge is -2.19. The van der Waals surface area contributed by atoms with Gasteiger partial charge in [-0.25, -0.2) is 0 Å². The highest BCUT2D eigenvalue weighted by Gasteiger charge is 2.23. The minimum absolute atomic E-state index is 0.148. The van der Waals surface area contributed by atoms with Crippen LogP contribution in [0.15, 0.2) is 30.3 Å². The van der Waals surface area contributed by atoms with Crippen molar-refractivity contribution in [3.63, 3.8) is 0 Å². The second-order valence-corrected chi connectivity index (χ2v) is 8.44. The van der Waals surface area contributed by atoms with Crippen molar-refractivity contribution in [1.29, 1.82) is 0 Å². The standard InChI is InChI=1S/C17H26N2OS/c1-17(2,3)21-13-16(20)18-11-14-9-10-19(12-14)15-7-5-4-6-8-15/h4-8,14H,9-13H2,1-3H3,(H,18,20)/t14-/m0/s1. The molecule has 4 heteroatoms. The Bertz CT molecular complexity index is 456. The fourth-order valence-electron chi connectivity index (χ4n) is 2.46. The zero-order valence-corrected chi connectivity index (χ0v) is 14.1. The summed E-state index contributed by atoms with van der Waals surface area (Å²) in [5.41, 5.74) is 1.29. The first kappa shape index (κ1) is 16.2. The van der Waals surface area contributed by atoms with E-state index in [4.69, 9.17) is 0 Å². The molecule has 1 aromatic carbocycles. The summed E-state index contributed by atoms with van der Waals surface area (Å²) < 4.78 is 0.148. The van der Waals surface area contributed by atoms with Gasteiger partial charge < -0.3 is 10.2 Å². The molecule has 1 heterocycles. The molecule has 1 aliphatic rings. The van der Waals surface area contributed by atoms with E-state index in [9.17, 15) is 4.79 Å². The van der Waals surface area contributed by atoms with Crippen LogP contribution in [0.25, 0.3) is 0 Å². The van der Waals surface area contributed by atoms with E-state index in [1.807, 2.05) is 6.07 Å². The Labute approximate surface area is 132 Å². The highest BCUT2D eigenvalue weighted by Crippen LogP contribution is 2.24. The van der Waals surface area contributed by atoms with Crippen molar-refractivity contribution < 1.29 is 4.79 Å². The van der Waals surface area contributed by atoms with Crippen LogP contribution in [0.3, 0.4) is 0 Å². The van der Waals surface area contributed by atoms with Gasteiger partial charge in [0.25, 0.3) is 0 Å². The van der Waals surface area contributed by atoms with Gasteiger partial charge in [-0.3, -0.25) is 4.79 Å². The van der Waals surface area contributed by atoms with Gasteiger partial charge in [0.05, 0.1) is 5.75 Å². The fraction of sp³-hybridized carbons (Fsp3) is 0.588. The number of benzene rings is 1. The normalized spacial score (nSPS) is 18.8. The van der Waals surface area contributed by atoms with E-state index in [2.05, 4.69) is 55.3 Å². The minimum atomic E-state index is 0.148. The third-order valence-corrected chi connectivity index (χ3v) is 4.90. The Kier molecular flexibility index (Phi) is 5.57. The molecular formula is C17H26N2OS. The molecule has 0 aromatic heterocycles. The molecule has 0 spiro atoms. The van der Waals surface area contributed by atoms with Crippen molar-refractivity contribution in [2.75, 3.05) is 30.3 Å². The van der Waals surface area contributed by atoms with Crippen molar-refractivity contribution in [2.45, 2.75) is 31.9 Å². The van der Waals surface area contributed by atoms with Gasteiger partial charge in [-0.15, -0.1) is 11.8 Å². The van der Waals surface area contributed by atoms with Crippen molar-refractivity contribution in [3.05, 3.63) is 30.3 Å². The van der Waals surface area contributed by atoms with Gasteiger partial charge in [0.2, 0.25) is 5.91 Å². The molecule has 0 radical (unpaired) electrons. The first-order valence-electron chi connectivity index (χ1n) is 7.65. The van der Waals surface area contributed by atoms with E-state index in [1.54, 1.807) is 11.8 Å². The summed E-state index contributed by atoms with van der Waals surface area (Å²) >= 11 is 1.70. The van der Waals surface area contributed by atoms with E-state index in [0.717, 1.165) is 26.1 Å². The molecule has 1 atom stereocenters. The van der Waals surface area contributed by atoms with Crippen LogP contribution in [-0.4, -0.2) is 36.0 Å². The molecule has 21 heavy (non-hydrogen) atoms. The number of hydrogen-bond donors (Lipinski definition) is 1. The number of nitrogens with one attached hydrogen (secondary N) is 1. The molecular weight excluding hydrogens is 280 g/mol. The predicted octanol–water partition coefficient (Wildman–Crippen LogP) is 3.16. The quantitative estimate of drug-likeness (QED) is 0.907. The number of carbonyl (C=O) groups excluding carboxylic acids is 1. The predicted molar refractivity (Wildman–Crippen MR) is 92.0 cm³/mol. The SMILES string of the molecule is CC(C)(C)SCC(=O)NC[C@@H]1CCN(c2ccccc2)C1. The monoisotopic (exact) mass is 306 g/mol. The van der Waals surface area contributed by atoms with Crippen LogP contribution < -0.4 is 10.2 Å². The van der Waals surface area contributed by atoms with Crippen molar-refractivity contribution in [3.8, 4) is 0 Å². The number of amides is 1. The molecule has 2 rings (SSSR count). The minimum Gasteiger partial charge on any atom is -0.371 e. The molecule has 0 unspecified atom stereocenters. The molecule has 0 bridgehead atoms. The summed E-state index contributed by atoms with van der Waals surface area (Å²) in [6.45, 7) is 9.34. The highest BCUT2D eigenvalue weighted by molar-refractivity contribution is 8.01. The summed E-state index contributed by atoms with van der Waals surface area (Å²) in [7, 11) is 0. The lowest BCUT2D eigenvalue weighted by atomic mass is 10.1. The molecule has 1 aromatic rings. The lowest BCUT2D eigenvalue weighted by molar-refractivity contribution is -0.118. The maximum atomic E-state index is 11.9. The molecule has 1 amide bonds. The highest BCUT2D eigenvalue weighted by atomic mass is 32.2. The van der Waals surface area contributed by atoms with Gasteiger partial charge in [0.1, 0.15) is 0 Å². The summed E-state index contributed by atoms with van der Waals surface area (Å²) in [5.74, 6) is 1.28. The third kappa shape index (κ3) is 5.62. The Morgan fingerprint density at radius 1 is 1.33 bits per heavy atom. The first-order valence-corrected chi connectivity index (χ1v) is 8.63. The van der Waals surface area contributed by atoms with Crippen molar-refractivity contribution in [2.24, 2.45) is 5.92 Å². The zero-order chi connectivity index (χ0) is 15.3. The maximum absolute atomic E-state index is 11.9. The number of para-hydroxylation sites is 1. The molecule has 0 aliphatic carbocycles. The maximum Gasteiger partial charge on any atom is 0.230 e. The second kappa shape index (κ2) is 7.21. The van der Waals surface area contributed by atoms with E-state index >= 15 is 0 Å². The van der Waals surface area contributed by atoms with Gasteiger partial charge in [-0.2, -0.15) is 0 Å². The lowest BCUT2D eigenvalue weighted by Crippen LogP contribution is -2.32. The summed E-state index contributed by atoms with van der Waals surface area (Å²) in [5, 5.41) is 3.08. The van der Waals surface area contributed by atoms with E-state index < -0.39 is 0 Å². The number of anilines is 1. The first-order chi connectivity index (χ1) is 9.94. The largest absolute Gasteiger partial charge is 0.371 e. The number of rotatable bonds is 5. The summed E-state index contributed by atoms with van der Waals surface area (Å²) in [6, 6.07) is 10.5. The van der Waals surface area contributed by atoms with Crippen LogP contribution in [-0.2, 0) is 4.79 Å². The topological polar surface area (TPSA) is 32.3 Å². The van der Waals surface area contributed by atoms with Gasteiger partial charge in [-0.05, 0) is 24.5 Å². The summed E-state index contributed by atoms with van der Waals surface area (Å²) in [6.07, 6.45) is 1.15. The Morgan fingerprint density at radius 3 is 2.71 bits per heavy atom. The molecule has 3 nitrogen and oxygen atoms in total. The molecule has 1 aliphatic heterocycles. The number of carbonyl (C=O) groups is 1. The van der Waals surface area contributed by atoms with Crippen LogP contribution in [0, 0.1) is 5.92 Å². The average molecular weight is 306 g/mol. The van der Waals surface area contributed by atoms with E-state index in [-0.39, 0.29) is 10.7 Å². The van der Waals surface area contributed by atoms with Gasteiger partial charge in [0.15, 0.2) is 0 Å². The van der Waals surface area contributed by atoms with Gasteiger partial charge in [0, 0.05) is 30.1 Å². The van der Waals surface area contributed by atoms with Crippen LogP contribution in [0.4, 0.5) is 5.69 Å². The number of hydrogen-bond acceptors (Lipinski definition) is 3. The van der Waals surface area contributed by atoms with E-state index in [1.165, 1.54) is 5.69 Å². The van der Waals surface area contributed by atoms with Crippen LogP contribution in [0.2, 0.25) is 0 Å². The zero-order valence-electron chi connectivity index (χ0n) is 13.3. The Balaban J connectivity index is 1.70. The second-order valence-electron chi connectivity index (χ2n) is 6.64. The molecule has 0 saturated carbocycles. The van der Waals surface area contributed by atoms with Crippen molar-refractivity contribution in [1.82, 2.24) is 5.32 Å². The smallest absolute Gasteiger partial charge is 0.230 e. The summed E-state index contributed by atoms with van der Waals surface area (Å²) in [4.78, 5) is 14.3. The third-order valence-electron chi connectivity index (χ3n) is 3.63. The fourth-order valence-corrected chi connectivity index (χ4v) is 3.13. The van der Waals surface area contributed by atoms with Crippen LogP contribution in [0.1, 0.15) is 27.2 Å². The number of thioether (sulfide) groups is 1. The van der Waals surface area contributed by atoms with Crippen molar-refractivity contribution >= 4 is 23.4 Å². The van der Waals surface area contributed by atoms with Crippen LogP contribution in [0.5, 0.6) is 0 Å². The van der Waals surface area contributed by atoms with Crippen LogP contribution >= 0.6 is 11.8 Å². The molecule has 1 fully saturated rings. The van der Waals surface area contributed by atoms with Gasteiger partial charge in [-0.1, -0.05) is 39.0 Å². The molecule has 116 valence electrons.